The summed E-state index contributed by atoms with van der Waals surface area (Å²) in [6.45, 7) is 4.63. The van der Waals surface area contributed by atoms with Gasteiger partial charge in [0.25, 0.3) is 5.91 Å². The molecular weight excluding hydrogens is 446 g/mol. The van der Waals surface area contributed by atoms with Gasteiger partial charge in [-0.15, -0.1) is 0 Å². The highest BCUT2D eigenvalue weighted by Crippen LogP contribution is 2.30. The van der Waals surface area contributed by atoms with E-state index in [0.29, 0.717) is 24.6 Å². The van der Waals surface area contributed by atoms with Gasteiger partial charge in [-0.25, -0.2) is 0 Å². The second-order valence-electron chi connectivity index (χ2n) is 9.28. The maximum absolute atomic E-state index is 13.1. The molecular formula is C27H33N3O5. The Morgan fingerprint density at radius 3 is 2.60 bits per heavy atom. The standard InChI is InChI=1S/C27H33N3O5/c1-18-6-3-10-24(19(18)2)29-25(31)16-30(15-23-9-5-13-34-23)26(32)17-35-22-8-4-7-21(14-22)28-27(33)20-11-12-20/h3-4,6-8,10,14,20,23H,5,9,11-13,15-17H2,1-2H3,(H,28,33)(H,29,31). The van der Waals surface area contributed by atoms with Crippen LogP contribution in [0, 0.1) is 19.8 Å². The summed E-state index contributed by atoms with van der Waals surface area (Å²) in [7, 11) is 0. The third-order valence-electron chi connectivity index (χ3n) is 6.43. The number of hydrogen-bond donors (Lipinski definition) is 2. The lowest BCUT2D eigenvalue weighted by molar-refractivity contribution is -0.138. The number of ether oxygens (including phenoxy) is 2. The molecule has 2 fully saturated rings. The van der Waals surface area contributed by atoms with Gasteiger partial charge in [-0.1, -0.05) is 18.2 Å². The quantitative estimate of drug-likeness (QED) is 0.542. The van der Waals surface area contributed by atoms with Crippen LogP contribution in [0.15, 0.2) is 42.5 Å². The molecule has 35 heavy (non-hydrogen) atoms. The fourth-order valence-electron chi connectivity index (χ4n) is 4.03. The number of nitrogens with zero attached hydrogens (tertiary/aromatic N) is 1. The first-order valence-electron chi connectivity index (χ1n) is 12.2. The maximum atomic E-state index is 13.1. The summed E-state index contributed by atoms with van der Waals surface area (Å²) in [5, 5.41) is 5.80. The van der Waals surface area contributed by atoms with E-state index in [2.05, 4.69) is 10.6 Å². The zero-order chi connectivity index (χ0) is 24.8. The SMILES string of the molecule is Cc1cccc(NC(=O)CN(CC2CCCO2)C(=O)COc2cccc(NC(=O)C3CC3)c2)c1C. The molecule has 2 aromatic carbocycles. The van der Waals surface area contributed by atoms with Gasteiger partial charge >= 0.3 is 0 Å². The van der Waals surface area contributed by atoms with Gasteiger partial charge in [-0.05, 0) is 68.9 Å². The molecule has 0 bridgehead atoms. The average molecular weight is 480 g/mol. The zero-order valence-corrected chi connectivity index (χ0v) is 20.3. The summed E-state index contributed by atoms with van der Waals surface area (Å²) in [6, 6.07) is 12.7. The van der Waals surface area contributed by atoms with Crippen molar-refractivity contribution in [1.82, 2.24) is 4.90 Å². The number of amides is 3. The highest BCUT2D eigenvalue weighted by atomic mass is 16.5. The third-order valence-corrected chi connectivity index (χ3v) is 6.43. The second-order valence-corrected chi connectivity index (χ2v) is 9.28. The minimum Gasteiger partial charge on any atom is -0.484 e. The van der Waals surface area contributed by atoms with E-state index in [1.165, 1.54) is 4.90 Å². The van der Waals surface area contributed by atoms with Gasteiger partial charge in [0.2, 0.25) is 11.8 Å². The molecule has 1 aliphatic carbocycles. The van der Waals surface area contributed by atoms with Crippen LogP contribution in [0.5, 0.6) is 5.75 Å². The van der Waals surface area contributed by atoms with Gasteiger partial charge in [0.05, 0.1) is 6.10 Å². The summed E-state index contributed by atoms with van der Waals surface area (Å²) in [5.41, 5.74) is 3.45. The molecule has 2 N–H and O–H groups in total. The van der Waals surface area contributed by atoms with Crippen LogP contribution in [0.3, 0.4) is 0 Å². The fourth-order valence-corrected chi connectivity index (χ4v) is 4.03. The Kier molecular flexibility index (Phi) is 8.02. The molecule has 8 heteroatoms. The first-order chi connectivity index (χ1) is 16.9. The monoisotopic (exact) mass is 479 g/mol. The van der Waals surface area contributed by atoms with Gasteiger partial charge < -0.3 is 25.0 Å². The van der Waals surface area contributed by atoms with Gasteiger partial charge in [-0.3, -0.25) is 14.4 Å². The number of anilines is 2. The molecule has 1 heterocycles. The van der Waals surface area contributed by atoms with E-state index in [9.17, 15) is 14.4 Å². The molecule has 2 aliphatic rings. The summed E-state index contributed by atoms with van der Waals surface area (Å²) in [4.78, 5) is 39.4. The molecule has 1 atom stereocenters. The van der Waals surface area contributed by atoms with Crippen LogP contribution >= 0.6 is 0 Å². The van der Waals surface area contributed by atoms with E-state index in [0.717, 1.165) is 42.5 Å². The number of benzene rings is 2. The lowest BCUT2D eigenvalue weighted by atomic mass is 10.1. The van der Waals surface area contributed by atoms with E-state index in [4.69, 9.17) is 9.47 Å². The van der Waals surface area contributed by atoms with Gasteiger partial charge in [-0.2, -0.15) is 0 Å². The lowest BCUT2D eigenvalue weighted by Gasteiger charge is -2.25. The molecule has 0 aromatic heterocycles. The number of carbonyl (C=O) groups is 3. The van der Waals surface area contributed by atoms with Crippen LogP contribution in [-0.4, -0.2) is 55.0 Å². The Morgan fingerprint density at radius 1 is 1.06 bits per heavy atom. The Morgan fingerprint density at radius 2 is 1.86 bits per heavy atom. The number of hydrogen-bond acceptors (Lipinski definition) is 5. The van der Waals surface area contributed by atoms with Crippen LogP contribution in [0.25, 0.3) is 0 Å². The minimum absolute atomic E-state index is 0.0100. The number of rotatable bonds is 10. The largest absolute Gasteiger partial charge is 0.484 e. The van der Waals surface area contributed by atoms with Crippen molar-refractivity contribution < 1.29 is 23.9 Å². The van der Waals surface area contributed by atoms with Crippen molar-refractivity contribution >= 4 is 29.1 Å². The summed E-state index contributed by atoms with van der Waals surface area (Å²) < 4.78 is 11.4. The normalized spacial score (nSPS) is 17.0. The summed E-state index contributed by atoms with van der Waals surface area (Å²) in [5.74, 6) is 0.0146. The first kappa shape index (κ1) is 24.7. The summed E-state index contributed by atoms with van der Waals surface area (Å²) >= 11 is 0. The topological polar surface area (TPSA) is 97.0 Å². The van der Waals surface area contributed by atoms with E-state index in [1.807, 2.05) is 32.0 Å². The van der Waals surface area contributed by atoms with Crippen molar-refractivity contribution in [1.29, 1.82) is 0 Å². The second kappa shape index (κ2) is 11.4. The smallest absolute Gasteiger partial charge is 0.261 e. The first-order valence-corrected chi connectivity index (χ1v) is 12.2. The zero-order valence-electron chi connectivity index (χ0n) is 20.3. The highest BCUT2D eigenvalue weighted by Gasteiger charge is 2.29. The van der Waals surface area contributed by atoms with E-state index >= 15 is 0 Å². The predicted molar refractivity (Wildman–Crippen MR) is 133 cm³/mol. The van der Waals surface area contributed by atoms with Crippen molar-refractivity contribution in [2.75, 3.05) is 36.9 Å². The minimum atomic E-state index is -0.302. The van der Waals surface area contributed by atoms with Crippen LogP contribution in [-0.2, 0) is 19.1 Å². The Bertz CT molecular complexity index is 1080. The molecule has 0 spiro atoms. The fraction of sp³-hybridized carbons (Fsp3) is 0.444. The Hall–Kier alpha value is -3.39. The Balaban J connectivity index is 1.36. The molecule has 0 radical (unpaired) electrons. The molecule has 1 unspecified atom stereocenters. The van der Waals surface area contributed by atoms with Crippen LogP contribution in [0.2, 0.25) is 0 Å². The molecule has 3 amide bonds. The van der Waals surface area contributed by atoms with Crippen molar-refractivity contribution in [3.8, 4) is 5.75 Å². The van der Waals surface area contributed by atoms with E-state index in [-0.39, 0.29) is 42.9 Å². The van der Waals surface area contributed by atoms with Gasteiger partial charge in [0.15, 0.2) is 6.61 Å². The molecule has 1 saturated carbocycles. The summed E-state index contributed by atoms with van der Waals surface area (Å²) in [6.07, 6.45) is 3.55. The molecule has 8 nitrogen and oxygen atoms in total. The average Bonchev–Trinajstić information content (AvgIpc) is 3.57. The maximum Gasteiger partial charge on any atom is 0.261 e. The van der Waals surface area contributed by atoms with Crippen molar-refractivity contribution in [2.24, 2.45) is 5.92 Å². The predicted octanol–water partition coefficient (Wildman–Crippen LogP) is 3.68. The van der Waals surface area contributed by atoms with E-state index in [1.54, 1.807) is 24.3 Å². The Labute approximate surface area is 206 Å². The van der Waals surface area contributed by atoms with Crippen molar-refractivity contribution in [3.63, 3.8) is 0 Å². The van der Waals surface area contributed by atoms with Gasteiger partial charge in [0.1, 0.15) is 12.3 Å². The third kappa shape index (κ3) is 7.05. The number of carbonyl (C=O) groups excluding carboxylic acids is 3. The molecule has 186 valence electrons. The lowest BCUT2D eigenvalue weighted by Crippen LogP contribution is -2.44. The van der Waals surface area contributed by atoms with Gasteiger partial charge in [0, 0.05) is 36.5 Å². The molecule has 4 rings (SSSR count). The number of aryl methyl sites for hydroxylation is 1. The van der Waals surface area contributed by atoms with E-state index < -0.39 is 0 Å². The highest BCUT2D eigenvalue weighted by molar-refractivity contribution is 5.95. The van der Waals surface area contributed by atoms with Crippen LogP contribution in [0.1, 0.15) is 36.8 Å². The number of nitrogens with one attached hydrogen (secondary N) is 2. The van der Waals surface area contributed by atoms with Crippen LogP contribution < -0.4 is 15.4 Å². The van der Waals surface area contributed by atoms with Crippen molar-refractivity contribution in [2.45, 2.75) is 45.6 Å². The molecule has 1 aliphatic heterocycles. The molecule has 2 aromatic rings. The van der Waals surface area contributed by atoms with Crippen molar-refractivity contribution in [3.05, 3.63) is 53.6 Å². The molecule has 1 saturated heterocycles. The van der Waals surface area contributed by atoms with Crippen LogP contribution in [0.4, 0.5) is 11.4 Å².